The van der Waals surface area contributed by atoms with Gasteiger partial charge in [-0.1, -0.05) is 64.0 Å². The zero-order valence-electron chi connectivity index (χ0n) is 32.1. The van der Waals surface area contributed by atoms with Crippen molar-refractivity contribution in [3.63, 3.8) is 0 Å². The van der Waals surface area contributed by atoms with Crippen LogP contribution < -0.4 is 0 Å². The van der Waals surface area contributed by atoms with E-state index in [0.717, 1.165) is 51.4 Å². The number of hydrogen-bond acceptors (Lipinski definition) is 4. The number of carbonyl (C=O) groups excluding carboxylic acids is 4. The van der Waals surface area contributed by atoms with Crippen molar-refractivity contribution in [2.45, 2.75) is 151 Å². The smallest absolute Gasteiger partial charge is 0.156 e. The second kappa shape index (κ2) is 13.2. The molecule has 0 amide bonds. The normalized spacial score (nSPS) is 45.8. The topological polar surface area (TPSA) is 68.3 Å². The maximum absolute atomic E-state index is 12.1. The van der Waals surface area contributed by atoms with E-state index in [1.807, 2.05) is 12.2 Å². The van der Waals surface area contributed by atoms with Crippen LogP contribution in [0.1, 0.15) is 151 Å². The summed E-state index contributed by atoms with van der Waals surface area (Å²) in [5, 5.41) is 0. The Morgan fingerprint density at radius 3 is 1.80 bits per heavy atom. The van der Waals surface area contributed by atoms with Crippen molar-refractivity contribution in [2.75, 3.05) is 0 Å². The van der Waals surface area contributed by atoms with Crippen LogP contribution in [0, 0.1) is 63.1 Å². The van der Waals surface area contributed by atoms with Gasteiger partial charge in [-0.05, 0) is 158 Å². The van der Waals surface area contributed by atoms with Gasteiger partial charge in [0, 0.05) is 38.5 Å². The number of carbonyl (C=O) groups is 4. The first-order valence-corrected chi connectivity index (χ1v) is 20.5. The van der Waals surface area contributed by atoms with Crippen molar-refractivity contribution in [1.82, 2.24) is 0 Å². The minimum atomic E-state index is 0.144. The molecule has 0 aliphatic heterocycles. The van der Waals surface area contributed by atoms with Crippen LogP contribution in [0.25, 0.3) is 0 Å². The molecule has 0 bridgehead atoms. The largest absolute Gasteiger partial charge is 0.300 e. The summed E-state index contributed by atoms with van der Waals surface area (Å²) in [5.41, 5.74) is 4.93. The van der Waals surface area contributed by atoms with Crippen LogP contribution in [0.5, 0.6) is 0 Å². The lowest BCUT2D eigenvalue weighted by Gasteiger charge is -2.59. The molecule has 0 aromatic carbocycles. The Bertz CT molecular complexity index is 1550. The first kappa shape index (κ1) is 36.0. The Kier molecular flexibility index (Phi) is 9.54. The minimum Gasteiger partial charge on any atom is -0.300 e. The van der Waals surface area contributed by atoms with Crippen LogP contribution in [0.2, 0.25) is 0 Å². The average molecular weight is 681 g/mol. The Balaban J connectivity index is 0.000000135. The summed E-state index contributed by atoms with van der Waals surface area (Å²) < 4.78 is 0. The predicted molar refractivity (Wildman–Crippen MR) is 200 cm³/mol. The zero-order valence-corrected chi connectivity index (χ0v) is 32.1. The molecule has 0 aromatic heterocycles. The van der Waals surface area contributed by atoms with E-state index < -0.39 is 0 Å². The lowest BCUT2D eigenvalue weighted by Crippen LogP contribution is -2.52. The highest BCUT2D eigenvalue weighted by atomic mass is 16.1. The van der Waals surface area contributed by atoms with Crippen molar-refractivity contribution < 1.29 is 19.2 Å². The van der Waals surface area contributed by atoms with Crippen molar-refractivity contribution in [1.29, 1.82) is 0 Å². The van der Waals surface area contributed by atoms with Gasteiger partial charge in [0.15, 0.2) is 11.6 Å². The molecule has 0 aromatic rings. The molecular weight excluding hydrogens is 617 g/mol. The average Bonchev–Trinajstić information content (AvgIpc) is 3.56. The summed E-state index contributed by atoms with van der Waals surface area (Å²) >= 11 is 0. The molecule has 0 radical (unpaired) electrons. The fourth-order valence-corrected chi connectivity index (χ4v) is 13.6. The monoisotopic (exact) mass is 680 g/mol. The van der Waals surface area contributed by atoms with E-state index in [2.05, 4.69) is 59.8 Å². The van der Waals surface area contributed by atoms with Gasteiger partial charge in [-0.15, -0.1) is 0 Å². The molecule has 0 saturated heterocycles. The predicted octanol–water partition coefficient (Wildman–Crippen LogP) is 10.7. The Morgan fingerprint density at radius 1 is 0.620 bits per heavy atom. The fourth-order valence-electron chi connectivity index (χ4n) is 13.6. The molecular formula is C46H64O4. The molecule has 0 spiro atoms. The van der Waals surface area contributed by atoms with Crippen molar-refractivity contribution in [2.24, 2.45) is 63.1 Å². The van der Waals surface area contributed by atoms with E-state index in [1.54, 1.807) is 0 Å². The highest BCUT2D eigenvalue weighted by Gasteiger charge is 2.60. The third kappa shape index (κ3) is 6.15. The van der Waals surface area contributed by atoms with E-state index in [4.69, 9.17) is 0 Å². The van der Waals surface area contributed by atoms with Crippen molar-refractivity contribution >= 4 is 23.1 Å². The standard InChI is InChI=1S/C20H28O2.C20H26O2.C6H10/c2*1-12-8-13-9-14(21)4-7-20(13,3)16-5-6-19(2)11-15(22)10-17(19)18(12)16;1-2-4-6-5-3-1/h9,12,16-18H,4-8,10-11H2,1-3H3;8-9,16-18H,4-7,10-11H2,1-3H3;1-2H,3-6H2/t12-,16?,17?,18?,19+,20-;16?,17?,18?,19-,20+;/m01./s1. The van der Waals surface area contributed by atoms with Gasteiger partial charge >= 0.3 is 0 Å². The van der Waals surface area contributed by atoms with Crippen LogP contribution in [-0.2, 0) is 19.2 Å². The SMILES string of the molecule is C1=CCCCC1.CC1=CC2=CC(=O)CC[C@]2(C)C2CC[C@]3(C)CC(=O)CC3C12.C[C@H]1CC2=CC(=O)CC[C@]2(C)C2CC[C@]3(C)CC(=O)CC3C21. The van der Waals surface area contributed by atoms with Crippen molar-refractivity contribution in [3.05, 3.63) is 47.1 Å². The van der Waals surface area contributed by atoms with Crippen LogP contribution in [-0.4, -0.2) is 23.1 Å². The van der Waals surface area contributed by atoms with Crippen LogP contribution in [0.3, 0.4) is 0 Å². The van der Waals surface area contributed by atoms with E-state index >= 15 is 0 Å². The molecule has 4 nitrogen and oxygen atoms in total. The molecule has 9 aliphatic rings. The molecule has 9 aliphatic carbocycles. The highest BCUT2D eigenvalue weighted by Crippen LogP contribution is 2.67. The molecule has 50 heavy (non-hydrogen) atoms. The molecule has 6 unspecified atom stereocenters. The van der Waals surface area contributed by atoms with E-state index in [1.165, 1.54) is 68.1 Å². The lowest BCUT2D eigenvalue weighted by molar-refractivity contribution is -0.119. The van der Waals surface area contributed by atoms with Gasteiger partial charge in [0.05, 0.1) is 0 Å². The van der Waals surface area contributed by atoms with Gasteiger partial charge in [0.25, 0.3) is 0 Å². The maximum Gasteiger partial charge on any atom is 0.156 e. The Hall–Kier alpha value is -2.36. The molecule has 11 atom stereocenters. The third-order valence-electron chi connectivity index (χ3n) is 16.5. The second-order valence-corrected chi connectivity index (χ2v) is 19.6. The van der Waals surface area contributed by atoms with Gasteiger partial charge in [-0.3, -0.25) is 19.2 Å². The summed E-state index contributed by atoms with van der Waals surface area (Å²) in [6, 6.07) is 0. The van der Waals surface area contributed by atoms with Gasteiger partial charge in [0.1, 0.15) is 11.6 Å². The first-order valence-electron chi connectivity index (χ1n) is 20.5. The molecule has 4 heteroatoms. The summed E-state index contributed by atoms with van der Waals surface area (Å²) in [6.45, 7) is 14.1. The molecule has 272 valence electrons. The molecule has 5 saturated carbocycles. The number of hydrogen-bond donors (Lipinski definition) is 0. The Labute approximate surface area is 302 Å². The number of rotatable bonds is 0. The van der Waals surface area contributed by atoms with Gasteiger partial charge < -0.3 is 0 Å². The number of allylic oxidation sites excluding steroid dienone is 7. The van der Waals surface area contributed by atoms with Crippen LogP contribution in [0.4, 0.5) is 0 Å². The van der Waals surface area contributed by atoms with E-state index in [9.17, 15) is 19.2 Å². The number of fused-ring (bicyclic) bond motifs is 10. The van der Waals surface area contributed by atoms with Gasteiger partial charge in [0.2, 0.25) is 0 Å². The molecule has 0 heterocycles. The summed E-state index contributed by atoms with van der Waals surface area (Å²) in [4.78, 5) is 48.0. The quantitative estimate of drug-likeness (QED) is 0.239. The number of Topliss-reactive ketones (excluding diaryl/α,β-unsaturated/α-hetero) is 2. The molecule has 9 rings (SSSR count). The van der Waals surface area contributed by atoms with E-state index in [0.29, 0.717) is 65.2 Å². The summed E-state index contributed by atoms with van der Waals surface area (Å²) in [7, 11) is 0. The van der Waals surface area contributed by atoms with E-state index in [-0.39, 0.29) is 27.4 Å². The summed E-state index contributed by atoms with van der Waals surface area (Å²) in [5.74, 6) is 5.81. The van der Waals surface area contributed by atoms with Crippen LogP contribution >= 0.6 is 0 Å². The van der Waals surface area contributed by atoms with Crippen molar-refractivity contribution in [3.8, 4) is 0 Å². The first-order chi connectivity index (χ1) is 23.7. The van der Waals surface area contributed by atoms with Gasteiger partial charge in [-0.25, -0.2) is 0 Å². The lowest BCUT2D eigenvalue weighted by atomic mass is 9.45. The van der Waals surface area contributed by atoms with Gasteiger partial charge in [-0.2, -0.15) is 0 Å². The molecule has 5 fully saturated rings. The summed E-state index contributed by atoms with van der Waals surface area (Å²) in [6.07, 6.45) is 28.7. The van der Waals surface area contributed by atoms with Crippen LogP contribution in [0.15, 0.2) is 47.1 Å². The third-order valence-corrected chi connectivity index (χ3v) is 16.5. The second-order valence-electron chi connectivity index (χ2n) is 19.6. The Morgan fingerprint density at radius 2 is 1.18 bits per heavy atom. The maximum atomic E-state index is 12.1. The zero-order chi connectivity index (χ0) is 35.6. The minimum absolute atomic E-state index is 0.144. The molecule has 0 N–H and O–H groups in total. The number of ketones is 4. The highest BCUT2D eigenvalue weighted by molar-refractivity contribution is 5.92. The fraction of sp³-hybridized carbons (Fsp3) is 0.739.